The van der Waals surface area contributed by atoms with Gasteiger partial charge in [-0.3, -0.25) is 0 Å². The number of aryl methyl sites for hydroxylation is 1. The van der Waals surface area contributed by atoms with Crippen LogP contribution in [0.25, 0.3) is 21.3 Å². The number of benzene rings is 2. The Kier molecular flexibility index (Phi) is 3.96. The molecule has 0 amide bonds. The van der Waals surface area contributed by atoms with E-state index in [0.717, 1.165) is 22.3 Å². The molecule has 0 radical (unpaired) electrons. The number of nitrogens with one attached hydrogen (secondary N) is 1. The maximum atomic E-state index is 5.19. The topological polar surface area (TPSA) is 34.1 Å². The standard InChI is InChI=1S/C19H16N2OS2/c1-12-18(15-5-3-4-6-17(15)24-12)16-11-23-19(21-16)20-13-7-9-14(22-2)10-8-13/h3-11H,1-2H3,(H,20,21). The highest BCUT2D eigenvalue weighted by Crippen LogP contribution is 2.39. The minimum absolute atomic E-state index is 0.848. The van der Waals surface area contributed by atoms with Gasteiger partial charge in [0.2, 0.25) is 0 Å². The molecular weight excluding hydrogens is 336 g/mol. The smallest absolute Gasteiger partial charge is 0.187 e. The first kappa shape index (κ1) is 15.2. The number of aromatic nitrogens is 1. The van der Waals surface area contributed by atoms with Gasteiger partial charge in [0, 0.05) is 31.6 Å². The minimum Gasteiger partial charge on any atom is -0.497 e. The van der Waals surface area contributed by atoms with Crippen molar-refractivity contribution in [2.75, 3.05) is 12.4 Å². The molecule has 5 heteroatoms. The lowest BCUT2D eigenvalue weighted by Crippen LogP contribution is -1.90. The van der Waals surface area contributed by atoms with Crippen molar-refractivity contribution in [2.24, 2.45) is 0 Å². The Morgan fingerprint density at radius 1 is 1.04 bits per heavy atom. The quantitative estimate of drug-likeness (QED) is 0.483. The van der Waals surface area contributed by atoms with Crippen LogP contribution in [0, 0.1) is 6.92 Å². The summed E-state index contributed by atoms with van der Waals surface area (Å²) in [6.07, 6.45) is 0. The third kappa shape index (κ3) is 2.77. The molecule has 2 heterocycles. The van der Waals surface area contributed by atoms with E-state index in [9.17, 15) is 0 Å². The molecule has 2 aromatic heterocycles. The van der Waals surface area contributed by atoms with Crippen molar-refractivity contribution in [3.05, 3.63) is 58.8 Å². The molecule has 4 rings (SSSR count). The van der Waals surface area contributed by atoms with Crippen LogP contribution in [0.3, 0.4) is 0 Å². The molecule has 0 aliphatic rings. The van der Waals surface area contributed by atoms with E-state index in [2.05, 4.69) is 41.9 Å². The largest absolute Gasteiger partial charge is 0.497 e. The highest BCUT2D eigenvalue weighted by Gasteiger charge is 2.14. The van der Waals surface area contributed by atoms with Gasteiger partial charge in [-0.1, -0.05) is 18.2 Å². The second-order valence-electron chi connectivity index (χ2n) is 5.42. The van der Waals surface area contributed by atoms with Gasteiger partial charge in [0.05, 0.1) is 12.8 Å². The Bertz CT molecular complexity index is 986. The lowest BCUT2D eigenvalue weighted by Gasteiger charge is -2.04. The zero-order valence-electron chi connectivity index (χ0n) is 13.4. The van der Waals surface area contributed by atoms with Crippen LogP contribution in [0.5, 0.6) is 5.75 Å². The molecular formula is C19H16N2OS2. The van der Waals surface area contributed by atoms with E-state index in [-0.39, 0.29) is 0 Å². The van der Waals surface area contributed by atoms with E-state index in [0.29, 0.717) is 0 Å². The van der Waals surface area contributed by atoms with Crippen molar-refractivity contribution in [3.8, 4) is 17.0 Å². The Morgan fingerprint density at radius 2 is 1.83 bits per heavy atom. The zero-order chi connectivity index (χ0) is 16.5. The van der Waals surface area contributed by atoms with Gasteiger partial charge >= 0.3 is 0 Å². The van der Waals surface area contributed by atoms with E-state index in [4.69, 9.17) is 9.72 Å². The van der Waals surface area contributed by atoms with Crippen LogP contribution in [-0.4, -0.2) is 12.1 Å². The lowest BCUT2D eigenvalue weighted by atomic mass is 10.1. The normalized spacial score (nSPS) is 10.9. The minimum atomic E-state index is 0.848. The van der Waals surface area contributed by atoms with Crippen molar-refractivity contribution in [1.29, 1.82) is 0 Å². The maximum Gasteiger partial charge on any atom is 0.187 e. The summed E-state index contributed by atoms with van der Waals surface area (Å²) in [7, 11) is 1.67. The van der Waals surface area contributed by atoms with E-state index < -0.39 is 0 Å². The Hall–Kier alpha value is -2.37. The number of fused-ring (bicyclic) bond motifs is 1. The van der Waals surface area contributed by atoms with Crippen LogP contribution in [0.2, 0.25) is 0 Å². The number of thiazole rings is 1. The van der Waals surface area contributed by atoms with E-state index >= 15 is 0 Å². The van der Waals surface area contributed by atoms with Crippen molar-refractivity contribution >= 4 is 43.6 Å². The first-order chi connectivity index (χ1) is 11.7. The summed E-state index contributed by atoms with van der Waals surface area (Å²) in [5.74, 6) is 0.848. The number of methoxy groups -OCH3 is 1. The van der Waals surface area contributed by atoms with Crippen molar-refractivity contribution in [2.45, 2.75) is 6.92 Å². The molecule has 0 aliphatic carbocycles. The highest BCUT2D eigenvalue weighted by atomic mass is 32.1. The monoisotopic (exact) mass is 352 g/mol. The highest BCUT2D eigenvalue weighted by molar-refractivity contribution is 7.19. The Labute approximate surface area is 148 Å². The van der Waals surface area contributed by atoms with Crippen LogP contribution in [-0.2, 0) is 0 Å². The second-order valence-corrected chi connectivity index (χ2v) is 7.54. The van der Waals surface area contributed by atoms with E-state index in [1.54, 1.807) is 18.4 Å². The summed E-state index contributed by atoms with van der Waals surface area (Å²) in [4.78, 5) is 6.09. The van der Waals surface area contributed by atoms with Gasteiger partial charge in [-0.15, -0.1) is 22.7 Å². The molecule has 0 aliphatic heterocycles. The van der Waals surface area contributed by atoms with Crippen molar-refractivity contribution < 1.29 is 4.74 Å². The third-order valence-corrected chi connectivity index (χ3v) is 5.72. The molecule has 0 fully saturated rings. The van der Waals surface area contributed by atoms with Gasteiger partial charge in [-0.2, -0.15) is 0 Å². The van der Waals surface area contributed by atoms with E-state index in [1.165, 1.54) is 20.5 Å². The molecule has 0 saturated heterocycles. The van der Waals surface area contributed by atoms with Gasteiger partial charge in [0.1, 0.15) is 5.75 Å². The summed E-state index contributed by atoms with van der Waals surface area (Å²) in [5.41, 5.74) is 3.28. The van der Waals surface area contributed by atoms with Crippen LogP contribution >= 0.6 is 22.7 Å². The number of anilines is 2. The van der Waals surface area contributed by atoms with Crippen LogP contribution < -0.4 is 10.1 Å². The molecule has 1 N–H and O–H groups in total. The van der Waals surface area contributed by atoms with Crippen LogP contribution in [0.1, 0.15) is 4.88 Å². The fourth-order valence-electron chi connectivity index (χ4n) is 2.73. The molecule has 2 aromatic carbocycles. The molecule has 0 unspecified atom stereocenters. The fourth-order valence-corrected chi connectivity index (χ4v) is 4.52. The number of hydrogen-bond acceptors (Lipinski definition) is 5. The van der Waals surface area contributed by atoms with Gasteiger partial charge < -0.3 is 10.1 Å². The summed E-state index contributed by atoms with van der Waals surface area (Å²) in [6.45, 7) is 2.16. The number of rotatable bonds is 4. The van der Waals surface area contributed by atoms with Gasteiger partial charge in [0.15, 0.2) is 5.13 Å². The first-order valence-corrected chi connectivity index (χ1v) is 9.29. The summed E-state index contributed by atoms with van der Waals surface area (Å²) in [6, 6.07) is 16.4. The van der Waals surface area contributed by atoms with Crippen LogP contribution in [0.15, 0.2) is 53.9 Å². The molecule has 120 valence electrons. The molecule has 3 nitrogen and oxygen atoms in total. The van der Waals surface area contributed by atoms with Gasteiger partial charge in [-0.05, 0) is 37.3 Å². The fraction of sp³-hybridized carbons (Fsp3) is 0.105. The molecule has 0 atom stereocenters. The SMILES string of the molecule is COc1ccc(Nc2nc(-c3c(C)sc4ccccc34)cs2)cc1. The summed E-state index contributed by atoms with van der Waals surface area (Å²) in [5, 5.41) is 7.65. The Morgan fingerprint density at radius 3 is 2.62 bits per heavy atom. The van der Waals surface area contributed by atoms with Crippen LogP contribution in [0.4, 0.5) is 10.8 Å². The van der Waals surface area contributed by atoms with Gasteiger partial charge in [-0.25, -0.2) is 4.98 Å². The third-order valence-electron chi connectivity index (χ3n) is 3.87. The van der Waals surface area contributed by atoms with Crippen molar-refractivity contribution in [3.63, 3.8) is 0 Å². The average Bonchev–Trinajstić information content (AvgIpc) is 3.18. The van der Waals surface area contributed by atoms with Crippen molar-refractivity contribution in [1.82, 2.24) is 4.98 Å². The van der Waals surface area contributed by atoms with E-state index in [1.807, 2.05) is 35.6 Å². The Balaban J connectivity index is 1.65. The predicted octanol–water partition coefficient (Wildman–Crippen LogP) is 6.09. The summed E-state index contributed by atoms with van der Waals surface area (Å²) >= 11 is 3.44. The molecule has 0 saturated carbocycles. The predicted molar refractivity (Wildman–Crippen MR) is 104 cm³/mol. The van der Waals surface area contributed by atoms with Gasteiger partial charge in [0.25, 0.3) is 0 Å². The molecule has 0 bridgehead atoms. The maximum absolute atomic E-state index is 5.19. The second kappa shape index (κ2) is 6.26. The average molecular weight is 352 g/mol. The first-order valence-electron chi connectivity index (χ1n) is 7.60. The zero-order valence-corrected chi connectivity index (χ0v) is 15.0. The number of nitrogens with zero attached hydrogens (tertiary/aromatic N) is 1. The number of thiophene rings is 1. The number of ether oxygens (including phenoxy) is 1. The lowest BCUT2D eigenvalue weighted by molar-refractivity contribution is 0.415. The molecule has 24 heavy (non-hydrogen) atoms. The summed E-state index contributed by atoms with van der Waals surface area (Å²) < 4.78 is 6.49. The number of hydrogen-bond donors (Lipinski definition) is 1. The molecule has 0 spiro atoms. The molecule has 4 aromatic rings.